The molecule has 4 nitrogen and oxygen atoms in total. The van der Waals surface area contributed by atoms with Gasteiger partial charge in [0.15, 0.2) is 0 Å². The SMILES string of the molecule is Cc1csc(CNC(=O)C(C)CCCC(C)N)n1. The van der Waals surface area contributed by atoms with Crippen molar-refractivity contribution < 1.29 is 4.79 Å². The number of aryl methyl sites for hydroxylation is 1. The number of thiazole rings is 1. The first-order valence-corrected chi connectivity index (χ1v) is 7.31. The maximum absolute atomic E-state index is 11.8. The highest BCUT2D eigenvalue weighted by molar-refractivity contribution is 7.09. The van der Waals surface area contributed by atoms with E-state index in [0.29, 0.717) is 6.54 Å². The maximum atomic E-state index is 11.8. The minimum absolute atomic E-state index is 0.0461. The summed E-state index contributed by atoms with van der Waals surface area (Å²) in [5.41, 5.74) is 6.69. The van der Waals surface area contributed by atoms with Gasteiger partial charge in [-0.15, -0.1) is 11.3 Å². The van der Waals surface area contributed by atoms with Crippen LogP contribution in [0.4, 0.5) is 0 Å². The second kappa shape index (κ2) is 7.48. The molecule has 0 aliphatic carbocycles. The Bertz CT molecular complexity index is 376. The van der Waals surface area contributed by atoms with E-state index in [2.05, 4.69) is 10.3 Å². The van der Waals surface area contributed by atoms with Crippen LogP contribution < -0.4 is 11.1 Å². The van der Waals surface area contributed by atoms with Crippen LogP contribution in [0.15, 0.2) is 5.38 Å². The van der Waals surface area contributed by atoms with Gasteiger partial charge < -0.3 is 11.1 Å². The topological polar surface area (TPSA) is 68.0 Å². The Morgan fingerprint density at radius 2 is 2.22 bits per heavy atom. The first-order chi connectivity index (χ1) is 8.49. The Morgan fingerprint density at radius 3 is 2.78 bits per heavy atom. The van der Waals surface area contributed by atoms with Gasteiger partial charge >= 0.3 is 0 Å². The zero-order chi connectivity index (χ0) is 13.5. The maximum Gasteiger partial charge on any atom is 0.223 e. The van der Waals surface area contributed by atoms with E-state index >= 15 is 0 Å². The highest BCUT2D eigenvalue weighted by Crippen LogP contribution is 2.11. The molecule has 2 atom stereocenters. The predicted molar refractivity (Wildman–Crippen MR) is 75.4 cm³/mol. The second-order valence-corrected chi connectivity index (χ2v) is 5.85. The Hall–Kier alpha value is -0.940. The van der Waals surface area contributed by atoms with Crippen molar-refractivity contribution in [3.05, 3.63) is 16.1 Å². The van der Waals surface area contributed by atoms with E-state index in [1.54, 1.807) is 11.3 Å². The van der Waals surface area contributed by atoms with Crippen molar-refractivity contribution in [2.24, 2.45) is 11.7 Å². The molecule has 1 rings (SSSR count). The van der Waals surface area contributed by atoms with Crippen molar-refractivity contribution in [1.82, 2.24) is 10.3 Å². The largest absolute Gasteiger partial charge is 0.349 e. The van der Waals surface area contributed by atoms with E-state index < -0.39 is 0 Å². The molecule has 0 aliphatic rings. The van der Waals surface area contributed by atoms with Crippen LogP contribution in [0.3, 0.4) is 0 Å². The fourth-order valence-electron chi connectivity index (χ4n) is 1.70. The number of hydrogen-bond acceptors (Lipinski definition) is 4. The molecule has 0 aromatic carbocycles. The van der Waals surface area contributed by atoms with E-state index in [1.807, 2.05) is 26.2 Å². The standard InChI is InChI=1S/C13H23N3OS/c1-9(5-4-6-10(2)14)13(17)15-7-12-16-11(3)8-18-12/h8-10H,4-7,14H2,1-3H3,(H,15,17). The van der Waals surface area contributed by atoms with Gasteiger partial charge in [0.25, 0.3) is 0 Å². The Kier molecular flexibility index (Phi) is 6.29. The molecule has 0 bridgehead atoms. The molecule has 1 aromatic heterocycles. The molecule has 1 heterocycles. The minimum atomic E-state index is 0.0461. The molecule has 2 unspecified atom stereocenters. The molecule has 1 amide bonds. The lowest BCUT2D eigenvalue weighted by Gasteiger charge is -2.12. The van der Waals surface area contributed by atoms with Crippen LogP contribution in [0.25, 0.3) is 0 Å². The van der Waals surface area contributed by atoms with Gasteiger partial charge in [-0.1, -0.05) is 13.3 Å². The Morgan fingerprint density at radius 1 is 1.50 bits per heavy atom. The number of nitrogens with zero attached hydrogens (tertiary/aromatic N) is 1. The third kappa shape index (κ3) is 5.60. The van der Waals surface area contributed by atoms with Gasteiger partial charge in [0.2, 0.25) is 5.91 Å². The van der Waals surface area contributed by atoms with Gasteiger partial charge in [0.1, 0.15) is 5.01 Å². The molecule has 18 heavy (non-hydrogen) atoms. The number of carbonyl (C=O) groups excluding carboxylic acids is 1. The number of nitrogens with one attached hydrogen (secondary N) is 1. The highest BCUT2D eigenvalue weighted by Gasteiger charge is 2.12. The summed E-state index contributed by atoms with van der Waals surface area (Å²) in [7, 11) is 0. The van der Waals surface area contributed by atoms with Crippen LogP contribution in [0.5, 0.6) is 0 Å². The molecule has 3 N–H and O–H groups in total. The molecule has 5 heteroatoms. The van der Waals surface area contributed by atoms with Crippen LogP contribution >= 0.6 is 11.3 Å². The molecule has 102 valence electrons. The number of carbonyl (C=O) groups is 1. The smallest absolute Gasteiger partial charge is 0.223 e. The molecule has 0 saturated heterocycles. The van der Waals surface area contributed by atoms with Gasteiger partial charge in [0.05, 0.1) is 6.54 Å². The number of aromatic nitrogens is 1. The number of nitrogens with two attached hydrogens (primary N) is 1. The Balaban J connectivity index is 2.23. The summed E-state index contributed by atoms with van der Waals surface area (Å²) in [6, 6.07) is 0.221. The van der Waals surface area contributed by atoms with Crippen molar-refractivity contribution in [2.45, 2.75) is 52.6 Å². The zero-order valence-corrected chi connectivity index (χ0v) is 12.2. The average molecular weight is 269 g/mol. The van der Waals surface area contributed by atoms with Crippen molar-refractivity contribution in [2.75, 3.05) is 0 Å². The van der Waals surface area contributed by atoms with E-state index in [4.69, 9.17) is 5.73 Å². The van der Waals surface area contributed by atoms with Gasteiger partial charge in [0, 0.05) is 23.0 Å². The van der Waals surface area contributed by atoms with Crippen LogP contribution in [-0.2, 0) is 11.3 Å². The zero-order valence-electron chi connectivity index (χ0n) is 11.4. The summed E-state index contributed by atoms with van der Waals surface area (Å²) in [6.45, 7) is 6.45. The summed E-state index contributed by atoms with van der Waals surface area (Å²) >= 11 is 1.58. The summed E-state index contributed by atoms with van der Waals surface area (Å²) in [5, 5.41) is 5.88. The molecular formula is C13H23N3OS. The molecule has 0 aliphatic heterocycles. The highest BCUT2D eigenvalue weighted by atomic mass is 32.1. The lowest BCUT2D eigenvalue weighted by molar-refractivity contribution is -0.124. The van der Waals surface area contributed by atoms with Crippen LogP contribution in [0.2, 0.25) is 0 Å². The summed E-state index contributed by atoms with van der Waals surface area (Å²) < 4.78 is 0. The number of hydrogen-bond donors (Lipinski definition) is 2. The van der Waals surface area contributed by atoms with E-state index in [1.165, 1.54) is 0 Å². The predicted octanol–water partition coefficient (Wildman–Crippen LogP) is 2.22. The molecule has 0 saturated carbocycles. The second-order valence-electron chi connectivity index (χ2n) is 4.91. The Labute approximate surface area is 113 Å². The van der Waals surface area contributed by atoms with Crippen molar-refractivity contribution in [3.8, 4) is 0 Å². The van der Waals surface area contributed by atoms with Crippen molar-refractivity contribution in [1.29, 1.82) is 0 Å². The van der Waals surface area contributed by atoms with Gasteiger partial charge in [-0.25, -0.2) is 4.98 Å². The normalized spacial score (nSPS) is 14.2. The first kappa shape index (κ1) is 15.1. The van der Waals surface area contributed by atoms with Crippen LogP contribution in [0.1, 0.15) is 43.8 Å². The van der Waals surface area contributed by atoms with Crippen LogP contribution in [0, 0.1) is 12.8 Å². The molecular weight excluding hydrogens is 246 g/mol. The molecule has 0 spiro atoms. The minimum Gasteiger partial charge on any atom is -0.349 e. The third-order valence-corrected chi connectivity index (χ3v) is 3.79. The quantitative estimate of drug-likeness (QED) is 0.797. The van der Waals surface area contributed by atoms with E-state index in [-0.39, 0.29) is 17.9 Å². The van der Waals surface area contributed by atoms with Crippen molar-refractivity contribution >= 4 is 17.2 Å². The van der Waals surface area contributed by atoms with E-state index in [9.17, 15) is 4.79 Å². The number of amides is 1. The monoisotopic (exact) mass is 269 g/mol. The van der Waals surface area contributed by atoms with Gasteiger partial charge in [-0.2, -0.15) is 0 Å². The lowest BCUT2D eigenvalue weighted by atomic mass is 10.0. The van der Waals surface area contributed by atoms with E-state index in [0.717, 1.165) is 30.0 Å². The summed E-state index contributed by atoms with van der Waals surface area (Å²) in [4.78, 5) is 16.1. The molecule has 1 aromatic rings. The van der Waals surface area contributed by atoms with Crippen LogP contribution in [-0.4, -0.2) is 16.9 Å². The molecule has 0 fully saturated rings. The van der Waals surface area contributed by atoms with Gasteiger partial charge in [-0.05, 0) is 26.7 Å². The average Bonchev–Trinajstić information content (AvgIpc) is 2.71. The van der Waals surface area contributed by atoms with Crippen molar-refractivity contribution in [3.63, 3.8) is 0 Å². The fraction of sp³-hybridized carbons (Fsp3) is 0.692. The molecule has 0 radical (unpaired) electrons. The number of rotatable bonds is 7. The third-order valence-electron chi connectivity index (χ3n) is 2.82. The first-order valence-electron chi connectivity index (χ1n) is 6.43. The fourth-order valence-corrected chi connectivity index (χ4v) is 2.41. The lowest BCUT2D eigenvalue weighted by Crippen LogP contribution is -2.29. The van der Waals surface area contributed by atoms with Gasteiger partial charge in [-0.3, -0.25) is 4.79 Å². The summed E-state index contributed by atoms with van der Waals surface area (Å²) in [5.74, 6) is 0.150. The summed E-state index contributed by atoms with van der Waals surface area (Å²) in [6.07, 6.45) is 2.87.